The molecule has 1 aliphatic rings. The average molecular weight is 395 g/mol. The van der Waals surface area contributed by atoms with E-state index in [4.69, 9.17) is 4.74 Å². The van der Waals surface area contributed by atoms with E-state index in [1.165, 1.54) is 0 Å². The van der Waals surface area contributed by atoms with Gasteiger partial charge in [0.15, 0.2) is 0 Å². The molecule has 1 fully saturated rings. The smallest absolute Gasteiger partial charge is 0.338 e. The highest BCUT2D eigenvalue weighted by atomic mass is 16.5. The summed E-state index contributed by atoms with van der Waals surface area (Å²) < 4.78 is 5.05. The average Bonchev–Trinajstić information content (AvgIpc) is 2.70. The van der Waals surface area contributed by atoms with Crippen LogP contribution in [0.4, 0.5) is 5.69 Å². The molecule has 0 bridgehead atoms. The molecule has 0 aromatic heterocycles. The van der Waals surface area contributed by atoms with Gasteiger partial charge in [-0.05, 0) is 51.1 Å². The van der Waals surface area contributed by atoms with Crippen LogP contribution in [0.25, 0.3) is 0 Å². The fourth-order valence-electron chi connectivity index (χ4n) is 3.12. The van der Waals surface area contributed by atoms with Gasteiger partial charge in [0, 0.05) is 37.4 Å². The lowest BCUT2D eigenvalue weighted by Crippen LogP contribution is -2.49. The van der Waals surface area contributed by atoms with E-state index in [0.29, 0.717) is 24.2 Å². The van der Waals surface area contributed by atoms with Crippen molar-refractivity contribution in [1.29, 1.82) is 0 Å². The van der Waals surface area contributed by atoms with Crippen molar-refractivity contribution in [3.63, 3.8) is 0 Å². The van der Waals surface area contributed by atoms with Crippen LogP contribution >= 0.6 is 0 Å². The van der Waals surface area contributed by atoms with E-state index in [9.17, 15) is 9.59 Å². The van der Waals surface area contributed by atoms with Crippen molar-refractivity contribution in [2.24, 2.45) is 0 Å². The molecule has 0 unspecified atom stereocenters. The fourth-order valence-corrected chi connectivity index (χ4v) is 3.12. The molecule has 2 rings (SSSR count). The summed E-state index contributed by atoms with van der Waals surface area (Å²) in [5, 5.41) is 0. The molecule has 0 saturated carbocycles. The number of ether oxygens (including phenoxy) is 1. The second kappa shape index (κ2) is 10.5. The van der Waals surface area contributed by atoms with Gasteiger partial charge in [0.05, 0.1) is 5.56 Å². The summed E-state index contributed by atoms with van der Waals surface area (Å²) in [5.41, 5.74) is 4.15. The second-order valence-corrected chi connectivity index (χ2v) is 7.38. The Morgan fingerprint density at radius 1 is 1.03 bits per heavy atom. The minimum absolute atomic E-state index is 0.0363. The summed E-state index contributed by atoms with van der Waals surface area (Å²) in [4.78, 5) is 28.9. The van der Waals surface area contributed by atoms with Crippen molar-refractivity contribution in [3.05, 3.63) is 77.9 Å². The highest BCUT2D eigenvalue weighted by molar-refractivity contribution is 5.97. The SMILES string of the molecule is C=CCOC(=O)c1ccc(N2CCN(C(=O)/C(C=C(C)C)=C/C(=C)C)CC2)cc1. The predicted molar refractivity (Wildman–Crippen MR) is 118 cm³/mol. The number of allylic oxidation sites excluding steroid dienone is 3. The molecule has 29 heavy (non-hydrogen) atoms. The fraction of sp³-hybridized carbons (Fsp3) is 0.333. The molecular formula is C24H30N2O3. The van der Waals surface area contributed by atoms with E-state index in [1.54, 1.807) is 18.2 Å². The summed E-state index contributed by atoms with van der Waals surface area (Å²) in [5.74, 6) is -0.322. The van der Waals surface area contributed by atoms with Crippen LogP contribution < -0.4 is 4.90 Å². The first kappa shape index (κ1) is 22.2. The van der Waals surface area contributed by atoms with Gasteiger partial charge in [0.1, 0.15) is 6.61 Å². The monoisotopic (exact) mass is 394 g/mol. The van der Waals surface area contributed by atoms with Gasteiger partial charge in [-0.3, -0.25) is 4.79 Å². The van der Waals surface area contributed by atoms with Gasteiger partial charge < -0.3 is 14.5 Å². The molecular weight excluding hydrogens is 364 g/mol. The first-order valence-electron chi connectivity index (χ1n) is 9.76. The molecule has 1 aromatic rings. The van der Waals surface area contributed by atoms with Gasteiger partial charge in [0.25, 0.3) is 5.91 Å². The third kappa shape index (κ3) is 6.49. The zero-order chi connectivity index (χ0) is 21.4. The minimum atomic E-state index is -0.358. The number of esters is 1. The van der Waals surface area contributed by atoms with Crippen LogP contribution in [0.3, 0.4) is 0 Å². The number of anilines is 1. The number of nitrogens with zero attached hydrogens (tertiary/aromatic N) is 2. The number of hydrogen-bond acceptors (Lipinski definition) is 4. The number of carbonyl (C=O) groups is 2. The first-order chi connectivity index (χ1) is 13.8. The first-order valence-corrected chi connectivity index (χ1v) is 9.76. The molecule has 1 amide bonds. The van der Waals surface area contributed by atoms with Crippen molar-refractivity contribution in [1.82, 2.24) is 4.90 Å². The minimum Gasteiger partial charge on any atom is -0.458 e. The molecule has 5 nitrogen and oxygen atoms in total. The quantitative estimate of drug-likeness (QED) is 0.302. The highest BCUT2D eigenvalue weighted by Gasteiger charge is 2.23. The van der Waals surface area contributed by atoms with Crippen molar-refractivity contribution < 1.29 is 14.3 Å². The molecule has 1 saturated heterocycles. The Balaban J connectivity index is 2.00. The third-order valence-electron chi connectivity index (χ3n) is 4.46. The molecule has 1 heterocycles. The molecule has 0 aliphatic carbocycles. The van der Waals surface area contributed by atoms with Crippen LogP contribution in [0, 0.1) is 0 Å². The van der Waals surface area contributed by atoms with Gasteiger partial charge in [-0.1, -0.05) is 36.5 Å². The standard InChI is InChI=1S/C24H30N2O3/c1-6-15-29-24(28)20-7-9-22(10-8-20)25-11-13-26(14-12-25)23(27)21(16-18(2)3)17-19(4)5/h6-10,16-17H,1-2,11-15H2,3-5H3/b21-16+. The zero-order valence-corrected chi connectivity index (χ0v) is 17.6. The van der Waals surface area contributed by atoms with Gasteiger partial charge in [-0.15, -0.1) is 0 Å². The lowest BCUT2D eigenvalue weighted by molar-refractivity contribution is -0.127. The zero-order valence-electron chi connectivity index (χ0n) is 17.6. The number of amides is 1. The van der Waals surface area contributed by atoms with E-state index in [1.807, 2.05) is 50.0 Å². The Hall–Kier alpha value is -3.08. The Kier molecular flexibility index (Phi) is 8.01. The summed E-state index contributed by atoms with van der Waals surface area (Å²) in [6, 6.07) is 7.36. The van der Waals surface area contributed by atoms with Gasteiger partial charge in [-0.25, -0.2) is 4.79 Å². The molecule has 5 heteroatoms. The van der Waals surface area contributed by atoms with E-state index in [2.05, 4.69) is 18.1 Å². The Morgan fingerprint density at radius 3 is 2.17 bits per heavy atom. The lowest BCUT2D eigenvalue weighted by atomic mass is 10.1. The maximum atomic E-state index is 12.9. The predicted octanol–water partition coefficient (Wildman–Crippen LogP) is 4.15. The summed E-state index contributed by atoms with van der Waals surface area (Å²) in [6.45, 7) is 16.2. The maximum absolute atomic E-state index is 12.9. The Labute approximate surface area is 173 Å². The van der Waals surface area contributed by atoms with E-state index in [-0.39, 0.29) is 18.5 Å². The normalized spacial score (nSPS) is 14.2. The van der Waals surface area contributed by atoms with Crippen LogP contribution in [-0.4, -0.2) is 49.6 Å². The molecule has 0 N–H and O–H groups in total. The number of hydrogen-bond donors (Lipinski definition) is 0. The van der Waals surface area contributed by atoms with Gasteiger partial charge in [0.2, 0.25) is 0 Å². The number of rotatable bonds is 7. The van der Waals surface area contributed by atoms with Crippen LogP contribution in [0.15, 0.2) is 72.4 Å². The lowest BCUT2D eigenvalue weighted by Gasteiger charge is -2.36. The topological polar surface area (TPSA) is 49.9 Å². The maximum Gasteiger partial charge on any atom is 0.338 e. The van der Waals surface area contributed by atoms with Crippen LogP contribution in [0.1, 0.15) is 31.1 Å². The van der Waals surface area contributed by atoms with Crippen LogP contribution in [-0.2, 0) is 9.53 Å². The van der Waals surface area contributed by atoms with Crippen LogP contribution in [0.5, 0.6) is 0 Å². The highest BCUT2D eigenvalue weighted by Crippen LogP contribution is 2.19. The third-order valence-corrected chi connectivity index (χ3v) is 4.46. The molecule has 1 aromatic carbocycles. The van der Waals surface area contributed by atoms with Crippen molar-refractivity contribution in [3.8, 4) is 0 Å². The van der Waals surface area contributed by atoms with Crippen molar-refractivity contribution >= 4 is 17.6 Å². The van der Waals surface area contributed by atoms with E-state index >= 15 is 0 Å². The molecule has 0 atom stereocenters. The number of carbonyl (C=O) groups excluding carboxylic acids is 2. The van der Waals surface area contributed by atoms with Crippen LogP contribution in [0.2, 0.25) is 0 Å². The Morgan fingerprint density at radius 2 is 1.66 bits per heavy atom. The summed E-state index contributed by atoms with van der Waals surface area (Å²) in [6.07, 6.45) is 5.29. The van der Waals surface area contributed by atoms with E-state index in [0.717, 1.165) is 29.9 Å². The number of benzene rings is 1. The van der Waals surface area contributed by atoms with Gasteiger partial charge >= 0.3 is 5.97 Å². The molecule has 0 spiro atoms. The largest absolute Gasteiger partial charge is 0.458 e. The molecule has 1 aliphatic heterocycles. The molecule has 154 valence electrons. The molecule has 0 radical (unpaired) electrons. The Bertz CT molecular complexity index is 822. The van der Waals surface area contributed by atoms with Crippen molar-refractivity contribution in [2.45, 2.75) is 20.8 Å². The van der Waals surface area contributed by atoms with Gasteiger partial charge in [-0.2, -0.15) is 0 Å². The van der Waals surface area contributed by atoms with Crippen molar-refractivity contribution in [2.75, 3.05) is 37.7 Å². The summed E-state index contributed by atoms with van der Waals surface area (Å²) in [7, 11) is 0. The van der Waals surface area contributed by atoms with E-state index < -0.39 is 0 Å². The second-order valence-electron chi connectivity index (χ2n) is 7.38. The number of piperazine rings is 1. The summed E-state index contributed by atoms with van der Waals surface area (Å²) >= 11 is 0.